The number of carboxylic acid groups (broad SMARTS) is 1. The van der Waals surface area contributed by atoms with Gasteiger partial charge in [-0.1, -0.05) is 6.07 Å². The van der Waals surface area contributed by atoms with E-state index in [2.05, 4.69) is 5.32 Å². The third-order valence-electron chi connectivity index (χ3n) is 4.02. The lowest BCUT2D eigenvalue weighted by atomic mass is 10.1. The van der Waals surface area contributed by atoms with Crippen LogP contribution in [0.15, 0.2) is 30.3 Å². The van der Waals surface area contributed by atoms with Crippen molar-refractivity contribution in [3.8, 4) is 5.69 Å². The molecular formula is C20H25FN2O4. The van der Waals surface area contributed by atoms with Gasteiger partial charge in [0.25, 0.3) is 0 Å². The molecule has 146 valence electrons. The van der Waals surface area contributed by atoms with Crippen LogP contribution >= 0.6 is 0 Å². The fourth-order valence-electron chi connectivity index (χ4n) is 2.92. The minimum absolute atomic E-state index is 0.0869. The molecule has 6 nitrogen and oxygen atoms in total. The first-order valence-corrected chi connectivity index (χ1v) is 8.64. The molecule has 2 N–H and O–H groups in total. The molecule has 1 amide bonds. The van der Waals surface area contributed by atoms with Crippen LogP contribution in [-0.4, -0.2) is 33.4 Å². The average molecular weight is 376 g/mol. The molecule has 0 aliphatic carbocycles. The molecule has 0 saturated carbocycles. The van der Waals surface area contributed by atoms with E-state index in [1.54, 1.807) is 32.9 Å². The molecule has 0 fully saturated rings. The van der Waals surface area contributed by atoms with Crippen LogP contribution in [0.2, 0.25) is 0 Å². The Morgan fingerprint density at radius 3 is 2.48 bits per heavy atom. The molecule has 0 bridgehead atoms. The Morgan fingerprint density at radius 2 is 1.93 bits per heavy atom. The molecule has 27 heavy (non-hydrogen) atoms. The maximum atomic E-state index is 13.6. The van der Waals surface area contributed by atoms with Crippen molar-refractivity contribution < 1.29 is 23.8 Å². The summed E-state index contributed by atoms with van der Waals surface area (Å²) in [6.45, 7) is 8.80. The van der Waals surface area contributed by atoms with Crippen LogP contribution < -0.4 is 5.32 Å². The van der Waals surface area contributed by atoms with E-state index in [1.165, 1.54) is 12.1 Å². The molecule has 0 radical (unpaired) electrons. The topological polar surface area (TPSA) is 80.6 Å². The fraction of sp³-hybridized carbons (Fsp3) is 0.400. The Morgan fingerprint density at radius 1 is 1.26 bits per heavy atom. The largest absolute Gasteiger partial charge is 0.480 e. The predicted octanol–water partition coefficient (Wildman–Crippen LogP) is 3.75. The molecule has 1 aromatic carbocycles. The Hall–Kier alpha value is -2.83. The third kappa shape index (κ3) is 5.32. The number of carboxylic acids is 1. The molecule has 0 aliphatic heterocycles. The molecule has 2 aromatic rings. The summed E-state index contributed by atoms with van der Waals surface area (Å²) < 4.78 is 20.6. The summed E-state index contributed by atoms with van der Waals surface area (Å²) in [7, 11) is 0. The zero-order valence-electron chi connectivity index (χ0n) is 16.2. The summed E-state index contributed by atoms with van der Waals surface area (Å²) in [5, 5.41) is 11.9. The van der Waals surface area contributed by atoms with Gasteiger partial charge in [0.05, 0.1) is 0 Å². The van der Waals surface area contributed by atoms with Gasteiger partial charge in [-0.3, -0.25) is 0 Å². The van der Waals surface area contributed by atoms with Crippen molar-refractivity contribution in [2.24, 2.45) is 0 Å². The zero-order valence-corrected chi connectivity index (χ0v) is 16.2. The molecular weight excluding hydrogens is 351 g/mol. The number of rotatable bonds is 5. The second kappa shape index (κ2) is 7.82. The van der Waals surface area contributed by atoms with Crippen LogP contribution in [-0.2, 0) is 16.0 Å². The number of carbonyl (C=O) groups is 2. The van der Waals surface area contributed by atoms with Gasteiger partial charge in [0.1, 0.15) is 17.5 Å². The molecule has 7 heteroatoms. The number of nitrogens with zero attached hydrogens (tertiary/aromatic N) is 1. The number of aromatic nitrogens is 1. The van der Waals surface area contributed by atoms with Crippen LogP contribution in [0, 0.1) is 19.7 Å². The molecule has 0 saturated heterocycles. The monoisotopic (exact) mass is 376 g/mol. The number of aliphatic carboxylic acids is 1. The highest BCUT2D eigenvalue weighted by atomic mass is 19.1. The zero-order chi connectivity index (χ0) is 20.4. The number of carbonyl (C=O) groups excluding carboxylic acids is 1. The first-order valence-electron chi connectivity index (χ1n) is 8.64. The normalized spacial score (nSPS) is 12.5. The third-order valence-corrected chi connectivity index (χ3v) is 4.02. The molecule has 1 atom stereocenters. The van der Waals surface area contributed by atoms with Gasteiger partial charge in [0, 0.05) is 23.5 Å². The van der Waals surface area contributed by atoms with E-state index in [9.17, 15) is 19.1 Å². The highest BCUT2D eigenvalue weighted by Crippen LogP contribution is 2.22. The fourth-order valence-corrected chi connectivity index (χ4v) is 2.92. The minimum Gasteiger partial charge on any atom is -0.480 e. The van der Waals surface area contributed by atoms with Crippen molar-refractivity contribution in [2.45, 2.75) is 52.7 Å². The highest BCUT2D eigenvalue weighted by molar-refractivity contribution is 5.80. The number of ether oxygens (including phenoxy) is 1. The smallest absolute Gasteiger partial charge is 0.408 e. The van der Waals surface area contributed by atoms with E-state index < -0.39 is 23.7 Å². The van der Waals surface area contributed by atoms with E-state index in [0.717, 1.165) is 17.0 Å². The second-order valence-corrected chi connectivity index (χ2v) is 7.45. The summed E-state index contributed by atoms with van der Waals surface area (Å²) in [4.78, 5) is 23.5. The number of hydrogen-bond donors (Lipinski definition) is 2. The van der Waals surface area contributed by atoms with Gasteiger partial charge in [-0.25, -0.2) is 14.0 Å². The van der Waals surface area contributed by atoms with Gasteiger partial charge >= 0.3 is 12.1 Å². The van der Waals surface area contributed by atoms with E-state index in [4.69, 9.17) is 4.74 Å². The average Bonchev–Trinajstić information content (AvgIpc) is 2.78. The van der Waals surface area contributed by atoms with Crippen LogP contribution in [0.3, 0.4) is 0 Å². The van der Waals surface area contributed by atoms with E-state index in [0.29, 0.717) is 5.69 Å². The minimum atomic E-state index is -1.16. The van der Waals surface area contributed by atoms with Gasteiger partial charge < -0.3 is 19.7 Å². The molecule has 1 unspecified atom stereocenters. The molecule has 1 heterocycles. The lowest BCUT2D eigenvalue weighted by molar-refractivity contribution is -0.139. The number of hydrogen-bond acceptors (Lipinski definition) is 3. The predicted molar refractivity (Wildman–Crippen MR) is 99.7 cm³/mol. The molecule has 0 aliphatic rings. The Kier molecular flexibility index (Phi) is 5.93. The lowest BCUT2D eigenvalue weighted by Gasteiger charge is -2.22. The first-order chi connectivity index (χ1) is 12.5. The second-order valence-electron chi connectivity index (χ2n) is 7.45. The van der Waals surface area contributed by atoms with Crippen molar-refractivity contribution in [1.82, 2.24) is 9.88 Å². The number of aryl methyl sites for hydroxylation is 1. The van der Waals surface area contributed by atoms with Gasteiger partial charge in [-0.05, 0) is 64.4 Å². The van der Waals surface area contributed by atoms with Crippen molar-refractivity contribution >= 4 is 12.1 Å². The van der Waals surface area contributed by atoms with Gasteiger partial charge in [0.2, 0.25) is 0 Å². The van der Waals surface area contributed by atoms with Crippen LogP contribution in [0.4, 0.5) is 9.18 Å². The lowest BCUT2D eigenvalue weighted by Crippen LogP contribution is -2.44. The van der Waals surface area contributed by atoms with Crippen LogP contribution in [0.25, 0.3) is 5.69 Å². The Bertz CT molecular complexity index is 852. The Labute approximate surface area is 158 Å². The maximum Gasteiger partial charge on any atom is 0.408 e. The van der Waals surface area contributed by atoms with Crippen molar-refractivity contribution in [1.29, 1.82) is 0 Å². The van der Waals surface area contributed by atoms with E-state index in [-0.39, 0.29) is 12.2 Å². The standard InChI is InChI=1S/C20H25FN2O4/c1-12-9-14(13(2)23(12)16-8-6-7-15(21)11-16)10-17(18(24)25)22-19(26)27-20(3,4)5/h6-9,11,17H,10H2,1-5H3,(H,22,26)(H,24,25). The number of amides is 1. The van der Waals surface area contributed by atoms with Crippen LogP contribution in [0.1, 0.15) is 37.7 Å². The summed E-state index contributed by atoms with van der Waals surface area (Å²) in [5.41, 5.74) is 2.31. The van der Waals surface area contributed by atoms with Gasteiger partial charge in [-0.15, -0.1) is 0 Å². The quantitative estimate of drug-likeness (QED) is 0.833. The van der Waals surface area contributed by atoms with E-state index in [1.807, 2.05) is 24.5 Å². The number of alkyl carbamates (subject to hydrolysis) is 1. The van der Waals surface area contributed by atoms with Crippen molar-refractivity contribution in [3.63, 3.8) is 0 Å². The SMILES string of the molecule is Cc1cc(CC(NC(=O)OC(C)(C)C)C(=O)O)c(C)n1-c1cccc(F)c1. The maximum absolute atomic E-state index is 13.6. The summed E-state index contributed by atoms with van der Waals surface area (Å²) >= 11 is 0. The number of benzene rings is 1. The highest BCUT2D eigenvalue weighted by Gasteiger charge is 2.26. The molecule has 0 spiro atoms. The van der Waals surface area contributed by atoms with E-state index >= 15 is 0 Å². The van der Waals surface area contributed by atoms with Gasteiger partial charge in [-0.2, -0.15) is 0 Å². The Balaban J connectivity index is 2.26. The van der Waals surface area contributed by atoms with Crippen molar-refractivity contribution in [3.05, 3.63) is 53.1 Å². The molecule has 2 rings (SSSR count). The number of halogens is 1. The number of nitrogens with one attached hydrogen (secondary N) is 1. The van der Waals surface area contributed by atoms with Gasteiger partial charge in [0.15, 0.2) is 0 Å². The van der Waals surface area contributed by atoms with Crippen molar-refractivity contribution in [2.75, 3.05) is 0 Å². The molecule has 1 aromatic heterocycles. The summed E-state index contributed by atoms with van der Waals surface area (Å²) in [6, 6.07) is 6.88. The first kappa shape index (κ1) is 20.5. The van der Waals surface area contributed by atoms with Crippen LogP contribution in [0.5, 0.6) is 0 Å². The summed E-state index contributed by atoms with van der Waals surface area (Å²) in [5.74, 6) is -1.51. The summed E-state index contributed by atoms with van der Waals surface area (Å²) in [6.07, 6.45) is -0.697.